The third-order valence-corrected chi connectivity index (χ3v) is 5.39. The molecule has 0 spiro atoms. The van der Waals surface area contributed by atoms with E-state index in [4.69, 9.17) is 9.47 Å². The summed E-state index contributed by atoms with van der Waals surface area (Å²) >= 11 is 0. The van der Waals surface area contributed by atoms with Crippen molar-refractivity contribution in [2.45, 2.75) is 26.3 Å². The molecule has 1 aromatic carbocycles. The average molecular weight is 410 g/mol. The summed E-state index contributed by atoms with van der Waals surface area (Å²) < 4.78 is 13.2. The third-order valence-electron chi connectivity index (χ3n) is 5.39. The first-order chi connectivity index (χ1) is 14.6. The summed E-state index contributed by atoms with van der Waals surface area (Å²) in [4.78, 5) is 31.9. The third kappa shape index (κ3) is 3.34. The van der Waals surface area contributed by atoms with Gasteiger partial charge in [-0.25, -0.2) is 18.9 Å². The van der Waals surface area contributed by atoms with Crippen molar-refractivity contribution in [3.8, 4) is 11.5 Å². The average Bonchev–Trinajstić information content (AvgIpc) is 3.32. The van der Waals surface area contributed by atoms with E-state index in [1.54, 1.807) is 30.6 Å². The molecule has 1 unspecified atom stereocenters. The van der Waals surface area contributed by atoms with Crippen molar-refractivity contribution in [3.63, 3.8) is 0 Å². The largest absolute Gasteiger partial charge is 0.454 e. The number of rotatable bonds is 4. The van der Waals surface area contributed by atoms with Gasteiger partial charge in [0.05, 0.1) is 0 Å². The van der Waals surface area contributed by atoms with Gasteiger partial charge in [0, 0.05) is 37.2 Å². The van der Waals surface area contributed by atoms with Crippen molar-refractivity contribution in [2.24, 2.45) is 5.92 Å². The molecule has 0 saturated carbocycles. The molecule has 1 N–H and O–H groups in total. The molecule has 1 atom stereocenters. The van der Waals surface area contributed by atoms with Crippen molar-refractivity contribution in [2.75, 3.05) is 30.1 Å². The molecule has 4 heterocycles. The van der Waals surface area contributed by atoms with Crippen LogP contribution < -0.4 is 25.4 Å². The SMILES string of the molecule is CC1CCCN(c2nccn3c(=O)n(CC(=O)Nc4ccc5c(c4)OCO5)nc23)C1. The second kappa shape index (κ2) is 7.36. The van der Waals surface area contributed by atoms with Crippen LogP contribution >= 0.6 is 0 Å². The van der Waals surface area contributed by atoms with E-state index in [1.807, 2.05) is 0 Å². The quantitative estimate of drug-likeness (QED) is 0.695. The standard InChI is InChI=1S/C20H22N6O4/c1-13-3-2-7-24(10-13)18-19-23-26(20(28)25(19)8-6-21-18)11-17(27)22-14-4-5-15-16(9-14)30-12-29-15/h4-6,8-9,13H,2-3,7,10-12H2,1H3,(H,22,27). The maximum absolute atomic E-state index is 12.8. The number of anilines is 2. The minimum atomic E-state index is -0.375. The van der Waals surface area contributed by atoms with Crippen LogP contribution in [0, 0.1) is 5.92 Å². The van der Waals surface area contributed by atoms with Crippen LogP contribution in [-0.2, 0) is 11.3 Å². The van der Waals surface area contributed by atoms with Crippen LogP contribution in [0.3, 0.4) is 0 Å². The van der Waals surface area contributed by atoms with Gasteiger partial charge in [0.15, 0.2) is 17.3 Å². The molecule has 10 nitrogen and oxygen atoms in total. The highest BCUT2D eigenvalue weighted by Crippen LogP contribution is 2.34. The summed E-state index contributed by atoms with van der Waals surface area (Å²) in [6.07, 6.45) is 5.43. The number of amides is 1. The molecule has 1 fully saturated rings. The summed E-state index contributed by atoms with van der Waals surface area (Å²) in [5, 5.41) is 7.18. The molecule has 10 heteroatoms. The number of nitrogens with zero attached hydrogens (tertiary/aromatic N) is 5. The van der Waals surface area contributed by atoms with Gasteiger partial charge in [-0.05, 0) is 30.9 Å². The minimum absolute atomic E-state index is 0.162. The molecule has 0 radical (unpaired) electrons. The summed E-state index contributed by atoms with van der Waals surface area (Å²) in [5.74, 6) is 2.08. The van der Waals surface area contributed by atoms with Crippen LogP contribution in [0.25, 0.3) is 5.65 Å². The fourth-order valence-electron chi connectivity index (χ4n) is 3.95. The molecule has 2 aliphatic rings. The second-order valence-corrected chi connectivity index (χ2v) is 7.69. The predicted octanol–water partition coefficient (Wildman–Crippen LogP) is 1.49. The van der Waals surface area contributed by atoms with E-state index in [0.717, 1.165) is 24.2 Å². The van der Waals surface area contributed by atoms with Crippen molar-refractivity contribution in [1.29, 1.82) is 0 Å². The van der Waals surface area contributed by atoms with Gasteiger partial charge in [-0.3, -0.25) is 4.79 Å². The fraction of sp³-hybridized carbons (Fsp3) is 0.400. The molecule has 1 saturated heterocycles. The number of nitrogens with one attached hydrogen (secondary N) is 1. The van der Waals surface area contributed by atoms with Crippen molar-refractivity contribution in [1.82, 2.24) is 19.2 Å². The Labute approximate surface area is 172 Å². The Morgan fingerprint density at radius 2 is 2.17 bits per heavy atom. The highest BCUT2D eigenvalue weighted by molar-refractivity contribution is 5.91. The van der Waals surface area contributed by atoms with Crippen LogP contribution in [0.4, 0.5) is 11.5 Å². The molecule has 3 aromatic rings. The first kappa shape index (κ1) is 18.5. The Hall–Kier alpha value is -3.56. The van der Waals surface area contributed by atoms with Crippen LogP contribution in [-0.4, -0.2) is 45.0 Å². The number of ether oxygens (including phenoxy) is 2. The van der Waals surface area contributed by atoms with Crippen molar-refractivity contribution >= 4 is 23.1 Å². The molecular formula is C20H22N6O4. The topological polar surface area (TPSA) is 103 Å². The predicted molar refractivity (Wildman–Crippen MR) is 109 cm³/mol. The van der Waals surface area contributed by atoms with E-state index in [2.05, 4.69) is 27.2 Å². The van der Waals surface area contributed by atoms with Gasteiger partial charge in [-0.1, -0.05) is 6.92 Å². The molecule has 0 aliphatic carbocycles. The minimum Gasteiger partial charge on any atom is -0.454 e. The van der Waals surface area contributed by atoms with Crippen LogP contribution in [0.15, 0.2) is 35.4 Å². The lowest BCUT2D eigenvalue weighted by Crippen LogP contribution is -2.35. The number of benzene rings is 1. The van der Waals surface area contributed by atoms with Crippen LogP contribution in [0.1, 0.15) is 19.8 Å². The van der Waals surface area contributed by atoms with Crippen LogP contribution in [0.2, 0.25) is 0 Å². The molecule has 1 amide bonds. The summed E-state index contributed by atoms with van der Waals surface area (Å²) in [5.41, 5.74) is 0.651. The zero-order chi connectivity index (χ0) is 20.7. The lowest BCUT2D eigenvalue weighted by molar-refractivity contribution is -0.117. The van der Waals surface area contributed by atoms with Crippen molar-refractivity contribution in [3.05, 3.63) is 41.1 Å². The Kier molecular flexibility index (Phi) is 4.53. The smallest absolute Gasteiger partial charge is 0.350 e. The Morgan fingerprint density at radius 3 is 3.03 bits per heavy atom. The lowest BCUT2D eigenvalue weighted by Gasteiger charge is -2.31. The molecule has 2 aromatic heterocycles. The summed E-state index contributed by atoms with van der Waals surface area (Å²) in [6.45, 7) is 3.92. The monoisotopic (exact) mass is 410 g/mol. The molecule has 5 rings (SSSR count). The van der Waals surface area contributed by atoms with Crippen LogP contribution in [0.5, 0.6) is 11.5 Å². The van der Waals surface area contributed by atoms with Gasteiger partial charge in [0.1, 0.15) is 6.54 Å². The molecular weight excluding hydrogens is 388 g/mol. The van der Waals surface area contributed by atoms with E-state index >= 15 is 0 Å². The Bertz CT molecular complexity index is 1170. The molecule has 30 heavy (non-hydrogen) atoms. The highest BCUT2D eigenvalue weighted by atomic mass is 16.7. The van der Waals surface area contributed by atoms with E-state index in [1.165, 1.54) is 10.8 Å². The zero-order valence-electron chi connectivity index (χ0n) is 16.6. The van der Waals surface area contributed by atoms with Crippen molar-refractivity contribution < 1.29 is 14.3 Å². The number of carbonyl (C=O) groups excluding carboxylic acids is 1. The fourth-order valence-corrected chi connectivity index (χ4v) is 3.95. The van der Waals surface area contributed by atoms with Gasteiger partial charge in [-0.2, -0.15) is 0 Å². The van der Waals surface area contributed by atoms with E-state index in [0.29, 0.717) is 34.6 Å². The number of piperidine rings is 1. The maximum Gasteiger partial charge on any atom is 0.350 e. The second-order valence-electron chi connectivity index (χ2n) is 7.69. The Balaban J connectivity index is 1.38. The number of aromatic nitrogens is 4. The van der Waals surface area contributed by atoms with Gasteiger partial charge in [0.2, 0.25) is 18.3 Å². The molecule has 156 valence electrons. The summed E-state index contributed by atoms with van der Waals surface area (Å²) in [6, 6.07) is 5.14. The van der Waals surface area contributed by atoms with E-state index < -0.39 is 0 Å². The van der Waals surface area contributed by atoms with Gasteiger partial charge >= 0.3 is 5.69 Å². The normalized spacial score (nSPS) is 18.0. The van der Waals surface area contributed by atoms with E-state index in [9.17, 15) is 9.59 Å². The first-order valence-electron chi connectivity index (χ1n) is 9.97. The highest BCUT2D eigenvalue weighted by Gasteiger charge is 2.22. The summed E-state index contributed by atoms with van der Waals surface area (Å²) in [7, 11) is 0. The first-order valence-corrected chi connectivity index (χ1v) is 9.97. The lowest BCUT2D eigenvalue weighted by atomic mass is 10.0. The maximum atomic E-state index is 12.8. The Morgan fingerprint density at radius 1 is 1.30 bits per heavy atom. The van der Waals surface area contributed by atoms with E-state index in [-0.39, 0.29) is 24.9 Å². The number of fused-ring (bicyclic) bond motifs is 2. The number of hydrogen-bond donors (Lipinski definition) is 1. The molecule has 2 aliphatic heterocycles. The van der Waals surface area contributed by atoms with Gasteiger partial charge in [-0.15, -0.1) is 5.10 Å². The van der Waals surface area contributed by atoms with Gasteiger partial charge in [0.25, 0.3) is 0 Å². The number of hydrogen-bond acceptors (Lipinski definition) is 7. The van der Waals surface area contributed by atoms with Gasteiger partial charge < -0.3 is 19.7 Å². The zero-order valence-corrected chi connectivity index (χ0v) is 16.6. The number of carbonyl (C=O) groups is 1. The molecule has 0 bridgehead atoms.